The first kappa shape index (κ1) is 14.2. The number of thioether (sulfide) groups is 1. The predicted molar refractivity (Wildman–Crippen MR) is 74.8 cm³/mol. The van der Waals surface area contributed by atoms with E-state index in [1.807, 2.05) is 31.4 Å². The van der Waals surface area contributed by atoms with Gasteiger partial charge in [0.25, 0.3) is 0 Å². The van der Waals surface area contributed by atoms with Gasteiger partial charge in [-0.1, -0.05) is 42.1 Å². The monoisotopic (exact) mass is 261 g/mol. The van der Waals surface area contributed by atoms with Crippen molar-refractivity contribution in [3.8, 4) is 0 Å². The molecular weight excluding hydrogens is 246 g/mol. The summed E-state index contributed by atoms with van der Waals surface area (Å²) in [4.78, 5) is 18.1. The third kappa shape index (κ3) is 4.55. The molecule has 0 amide bonds. The Kier molecular flexibility index (Phi) is 5.87. The fourth-order valence-corrected chi connectivity index (χ4v) is 1.42. The molecule has 0 saturated carbocycles. The van der Waals surface area contributed by atoms with Gasteiger partial charge in [-0.25, -0.2) is 9.97 Å². The fraction of sp³-hybridized carbons (Fsp3) is 0.154. The number of benzene rings is 1. The Morgan fingerprint density at radius 2 is 1.94 bits per heavy atom. The average Bonchev–Trinajstić information content (AvgIpc) is 2.43. The molecule has 1 aromatic carbocycles. The van der Waals surface area contributed by atoms with Gasteiger partial charge in [-0.2, -0.15) is 0 Å². The third-order valence-electron chi connectivity index (χ3n) is 2.11. The van der Waals surface area contributed by atoms with Crippen molar-refractivity contribution in [1.29, 1.82) is 0 Å². The summed E-state index contributed by atoms with van der Waals surface area (Å²) in [6, 6.07) is 9.10. The normalized spacial score (nSPS) is 9.22. The molecule has 2 aromatic rings. The minimum atomic E-state index is 0.569. The zero-order valence-electron chi connectivity index (χ0n) is 10.3. The Labute approximate surface area is 111 Å². The van der Waals surface area contributed by atoms with Crippen LogP contribution in [0.2, 0.25) is 0 Å². The maximum absolute atomic E-state index is 10.0. The number of nitrogen functional groups attached to an aromatic ring is 1. The zero-order valence-corrected chi connectivity index (χ0v) is 11.1. The van der Waals surface area contributed by atoms with Crippen molar-refractivity contribution < 1.29 is 4.79 Å². The molecule has 0 spiro atoms. The van der Waals surface area contributed by atoms with Gasteiger partial charge in [0.15, 0.2) is 5.16 Å². The van der Waals surface area contributed by atoms with Crippen LogP contribution < -0.4 is 5.73 Å². The van der Waals surface area contributed by atoms with Crippen molar-refractivity contribution in [3.05, 3.63) is 47.7 Å². The molecule has 0 fully saturated rings. The molecule has 0 bridgehead atoms. The molecule has 2 N–H and O–H groups in total. The lowest BCUT2D eigenvalue weighted by atomic mass is 10.2. The third-order valence-corrected chi connectivity index (χ3v) is 2.67. The molecule has 1 aromatic heterocycles. The van der Waals surface area contributed by atoms with E-state index < -0.39 is 0 Å². The standard InChI is InChI=1S/C7H6O.C6H9N3S/c8-6-7-4-2-1-3-5-7;1-4-3-8-6(10-2)9-5(4)7/h1-6H;3H,1-2H3,(H2,7,8,9). The molecule has 1 heterocycles. The van der Waals surface area contributed by atoms with E-state index >= 15 is 0 Å². The average molecular weight is 261 g/mol. The molecule has 5 heteroatoms. The molecule has 2 rings (SSSR count). The second kappa shape index (κ2) is 7.45. The lowest BCUT2D eigenvalue weighted by Gasteiger charge is -1.98. The number of rotatable bonds is 2. The van der Waals surface area contributed by atoms with Crippen molar-refractivity contribution in [3.63, 3.8) is 0 Å². The first-order valence-electron chi connectivity index (χ1n) is 5.30. The number of hydrogen-bond donors (Lipinski definition) is 1. The van der Waals surface area contributed by atoms with Crippen molar-refractivity contribution in [2.75, 3.05) is 12.0 Å². The second-order valence-corrected chi connectivity index (χ2v) is 4.23. The lowest BCUT2D eigenvalue weighted by Crippen LogP contribution is -1.96. The van der Waals surface area contributed by atoms with Crippen LogP contribution in [-0.2, 0) is 0 Å². The summed E-state index contributed by atoms with van der Waals surface area (Å²) >= 11 is 1.49. The van der Waals surface area contributed by atoms with Crippen LogP contribution in [0.1, 0.15) is 15.9 Å². The number of carbonyl (C=O) groups is 1. The number of aromatic nitrogens is 2. The number of hydrogen-bond acceptors (Lipinski definition) is 5. The fourth-order valence-electron chi connectivity index (χ4n) is 1.07. The summed E-state index contributed by atoms with van der Waals surface area (Å²) < 4.78 is 0. The van der Waals surface area contributed by atoms with E-state index in [1.165, 1.54) is 11.8 Å². The van der Waals surface area contributed by atoms with E-state index in [0.717, 1.165) is 22.6 Å². The van der Waals surface area contributed by atoms with Gasteiger partial charge in [0.2, 0.25) is 0 Å². The summed E-state index contributed by atoms with van der Waals surface area (Å²) in [5, 5.41) is 0.725. The van der Waals surface area contributed by atoms with Crippen molar-refractivity contribution in [2.24, 2.45) is 0 Å². The minimum Gasteiger partial charge on any atom is -0.383 e. The van der Waals surface area contributed by atoms with E-state index in [4.69, 9.17) is 5.73 Å². The van der Waals surface area contributed by atoms with E-state index in [0.29, 0.717) is 5.82 Å². The van der Waals surface area contributed by atoms with Gasteiger partial charge in [0.1, 0.15) is 12.1 Å². The first-order chi connectivity index (χ1) is 8.67. The minimum absolute atomic E-state index is 0.569. The Balaban J connectivity index is 0.000000184. The van der Waals surface area contributed by atoms with Crippen LogP contribution in [0.15, 0.2) is 41.7 Å². The van der Waals surface area contributed by atoms with Crippen molar-refractivity contribution >= 4 is 23.9 Å². The molecular formula is C13H15N3OS. The molecule has 94 valence electrons. The number of carbonyl (C=O) groups excluding carboxylic acids is 1. The number of nitrogens with zero attached hydrogens (tertiary/aromatic N) is 2. The molecule has 0 aliphatic carbocycles. The van der Waals surface area contributed by atoms with Gasteiger partial charge in [0, 0.05) is 17.3 Å². The summed E-state index contributed by atoms with van der Waals surface area (Å²) in [7, 11) is 0. The highest BCUT2D eigenvalue weighted by Crippen LogP contribution is 2.11. The van der Waals surface area contributed by atoms with Crippen molar-refractivity contribution in [1.82, 2.24) is 9.97 Å². The molecule has 0 unspecified atom stereocenters. The molecule has 0 saturated heterocycles. The van der Waals surface area contributed by atoms with Gasteiger partial charge >= 0.3 is 0 Å². The Morgan fingerprint density at radius 3 is 2.39 bits per heavy atom. The van der Waals surface area contributed by atoms with Crippen LogP contribution in [0.3, 0.4) is 0 Å². The number of nitrogens with two attached hydrogens (primary N) is 1. The largest absolute Gasteiger partial charge is 0.383 e. The smallest absolute Gasteiger partial charge is 0.189 e. The molecule has 0 aliphatic heterocycles. The van der Waals surface area contributed by atoms with Crippen molar-refractivity contribution in [2.45, 2.75) is 12.1 Å². The summed E-state index contributed by atoms with van der Waals surface area (Å²) in [6.45, 7) is 1.89. The predicted octanol–water partition coefficient (Wildman–Crippen LogP) is 2.59. The molecule has 0 radical (unpaired) electrons. The van der Waals surface area contributed by atoms with Gasteiger partial charge < -0.3 is 5.73 Å². The first-order valence-corrected chi connectivity index (χ1v) is 6.53. The van der Waals surface area contributed by atoms with E-state index in [2.05, 4.69) is 9.97 Å². The van der Waals surface area contributed by atoms with Crippen LogP contribution in [-0.4, -0.2) is 22.5 Å². The van der Waals surface area contributed by atoms with Crippen LogP contribution in [0.5, 0.6) is 0 Å². The second-order valence-electron chi connectivity index (χ2n) is 3.45. The zero-order chi connectivity index (χ0) is 13.4. The number of aldehydes is 1. The highest BCUT2D eigenvalue weighted by atomic mass is 32.2. The number of anilines is 1. The van der Waals surface area contributed by atoms with Crippen LogP contribution in [0, 0.1) is 6.92 Å². The summed E-state index contributed by atoms with van der Waals surface area (Å²) in [5.74, 6) is 0.569. The van der Waals surface area contributed by atoms with Gasteiger partial charge in [-0.05, 0) is 13.2 Å². The molecule has 18 heavy (non-hydrogen) atoms. The maximum Gasteiger partial charge on any atom is 0.189 e. The highest BCUT2D eigenvalue weighted by Gasteiger charge is 1.96. The highest BCUT2D eigenvalue weighted by molar-refractivity contribution is 7.98. The van der Waals surface area contributed by atoms with E-state index in [1.54, 1.807) is 18.3 Å². The lowest BCUT2D eigenvalue weighted by molar-refractivity contribution is 0.112. The van der Waals surface area contributed by atoms with Crippen LogP contribution in [0.4, 0.5) is 5.82 Å². The molecule has 0 aliphatic rings. The summed E-state index contributed by atoms with van der Waals surface area (Å²) in [6.07, 6.45) is 4.48. The van der Waals surface area contributed by atoms with Crippen LogP contribution >= 0.6 is 11.8 Å². The topological polar surface area (TPSA) is 68.9 Å². The van der Waals surface area contributed by atoms with Gasteiger partial charge in [0.05, 0.1) is 0 Å². The van der Waals surface area contributed by atoms with E-state index in [-0.39, 0.29) is 0 Å². The Hall–Kier alpha value is -1.88. The maximum atomic E-state index is 10.0. The van der Waals surface area contributed by atoms with E-state index in [9.17, 15) is 4.79 Å². The van der Waals surface area contributed by atoms with Gasteiger partial charge in [-0.3, -0.25) is 4.79 Å². The van der Waals surface area contributed by atoms with Crippen LogP contribution in [0.25, 0.3) is 0 Å². The van der Waals surface area contributed by atoms with Gasteiger partial charge in [-0.15, -0.1) is 0 Å². The quantitative estimate of drug-likeness (QED) is 0.511. The SMILES string of the molecule is CSc1ncc(C)c(N)n1.O=Cc1ccccc1. The Morgan fingerprint density at radius 1 is 1.28 bits per heavy atom. The number of aryl methyl sites for hydroxylation is 1. The molecule has 4 nitrogen and oxygen atoms in total. The summed E-state index contributed by atoms with van der Waals surface area (Å²) in [5.41, 5.74) is 7.19. The Bertz CT molecular complexity index is 503. The molecule has 0 atom stereocenters.